The maximum absolute atomic E-state index is 12.5. The van der Waals surface area contributed by atoms with Crippen molar-refractivity contribution in [1.82, 2.24) is 4.90 Å². The fourth-order valence-corrected chi connectivity index (χ4v) is 3.77. The molecule has 2 heterocycles. The Morgan fingerprint density at radius 1 is 1.12 bits per heavy atom. The van der Waals surface area contributed by atoms with E-state index in [4.69, 9.17) is 4.74 Å². The van der Waals surface area contributed by atoms with E-state index in [1.807, 2.05) is 24.0 Å². The summed E-state index contributed by atoms with van der Waals surface area (Å²) in [4.78, 5) is 16.9. The number of urea groups is 1. The number of benzene rings is 1. The second-order valence-corrected chi connectivity index (χ2v) is 7.02. The molecule has 3 rings (SSSR count). The molecular formula is C20H31N3O2. The van der Waals surface area contributed by atoms with Crippen molar-refractivity contribution in [3.05, 3.63) is 24.3 Å². The van der Waals surface area contributed by atoms with Gasteiger partial charge in [0.15, 0.2) is 0 Å². The topological polar surface area (TPSA) is 44.8 Å². The third-order valence-electron chi connectivity index (χ3n) is 5.20. The number of anilines is 2. The summed E-state index contributed by atoms with van der Waals surface area (Å²) in [5, 5.41) is 3.07. The summed E-state index contributed by atoms with van der Waals surface area (Å²) in [6.45, 7) is 6.53. The van der Waals surface area contributed by atoms with Gasteiger partial charge in [-0.05, 0) is 50.8 Å². The van der Waals surface area contributed by atoms with E-state index in [0.717, 1.165) is 51.3 Å². The average Bonchev–Trinajstić information content (AvgIpc) is 2.92. The zero-order valence-electron chi connectivity index (χ0n) is 15.4. The van der Waals surface area contributed by atoms with Gasteiger partial charge in [0.05, 0.1) is 6.10 Å². The Kier molecular flexibility index (Phi) is 6.56. The van der Waals surface area contributed by atoms with Crippen LogP contribution < -0.4 is 10.2 Å². The molecule has 2 aliphatic rings. The predicted molar refractivity (Wildman–Crippen MR) is 102 cm³/mol. The van der Waals surface area contributed by atoms with Crippen LogP contribution in [0.4, 0.5) is 16.2 Å². The number of piperidine rings is 1. The molecule has 5 heteroatoms. The minimum Gasteiger partial charge on any atom is -0.378 e. The van der Waals surface area contributed by atoms with Gasteiger partial charge >= 0.3 is 6.03 Å². The molecule has 5 nitrogen and oxygen atoms in total. The molecule has 1 aromatic carbocycles. The van der Waals surface area contributed by atoms with E-state index in [0.29, 0.717) is 6.10 Å². The van der Waals surface area contributed by atoms with Gasteiger partial charge in [0.25, 0.3) is 0 Å². The Bertz CT molecular complexity index is 548. The third-order valence-corrected chi connectivity index (χ3v) is 5.20. The van der Waals surface area contributed by atoms with Crippen molar-refractivity contribution in [2.24, 2.45) is 0 Å². The molecular weight excluding hydrogens is 314 g/mol. The minimum atomic E-state index is 0.00275. The van der Waals surface area contributed by atoms with Gasteiger partial charge in [0, 0.05) is 44.2 Å². The van der Waals surface area contributed by atoms with E-state index in [2.05, 4.69) is 22.3 Å². The smallest absolute Gasteiger partial charge is 0.321 e. The summed E-state index contributed by atoms with van der Waals surface area (Å²) >= 11 is 0. The van der Waals surface area contributed by atoms with E-state index < -0.39 is 0 Å². The van der Waals surface area contributed by atoms with Crippen LogP contribution in [0.3, 0.4) is 0 Å². The molecule has 2 amide bonds. The maximum atomic E-state index is 12.5. The lowest BCUT2D eigenvalue weighted by Crippen LogP contribution is -2.43. The third kappa shape index (κ3) is 5.11. The molecule has 0 spiro atoms. The van der Waals surface area contributed by atoms with Gasteiger partial charge in [-0.1, -0.05) is 18.9 Å². The van der Waals surface area contributed by atoms with Crippen molar-refractivity contribution < 1.29 is 9.53 Å². The summed E-state index contributed by atoms with van der Waals surface area (Å²) in [7, 11) is 0. The van der Waals surface area contributed by atoms with Gasteiger partial charge < -0.3 is 19.9 Å². The first kappa shape index (κ1) is 18.1. The highest BCUT2D eigenvalue weighted by molar-refractivity contribution is 5.90. The summed E-state index contributed by atoms with van der Waals surface area (Å²) in [6.07, 6.45) is 7.32. The van der Waals surface area contributed by atoms with Gasteiger partial charge in [0.2, 0.25) is 0 Å². The van der Waals surface area contributed by atoms with Crippen LogP contribution in [0.25, 0.3) is 0 Å². The first-order valence-electron chi connectivity index (χ1n) is 9.79. The molecule has 0 atom stereocenters. The first-order chi connectivity index (χ1) is 12.3. The Balaban J connectivity index is 1.55. The molecule has 0 radical (unpaired) electrons. The van der Waals surface area contributed by atoms with Crippen LogP contribution in [0, 0.1) is 0 Å². The van der Waals surface area contributed by atoms with Gasteiger partial charge in [-0.2, -0.15) is 0 Å². The lowest BCUT2D eigenvalue weighted by molar-refractivity contribution is 0.0232. The van der Waals surface area contributed by atoms with Crippen LogP contribution in [-0.4, -0.2) is 49.8 Å². The van der Waals surface area contributed by atoms with Gasteiger partial charge in [-0.3, -0.25) is 0 Å². The SMILES string of the molecule is CCOC1CCN(C(=O)Nc2cccc(N3CCCCCC3)c2)CC1. The molecule has 0 aliphatic carbocycles. The highest BCUT2D eigenvalue weighted by atomic mass is 16.5. The summed E-state index contributed by atoms with van der Waals surface area (Å²) in [5.74, 6) is 0. The number of carbonyl (C=O) groups is 1. The number of ether oxygens (including phenoxy) is 1. The van der Waals surface area contributed by atoms with Crippen molar-refractivity contribution in [3.8, 4) is 0 Å². The molecule has 2 saturated heterocycles. The highest BCUT2D eigenvalue weighted by Gasteiger charge is 2.23. The molecule has 2 aliphatic heterocycles. The van der Waals surface area contributed by atoms with E-state index in [1.165, 1.54) is 31.4 Å². The van der Waals surface area contributed by atoms with Gasteiger partial charge in [0.1, 0.15) is 0 Å². The van der Waals surface area contributed by atoms with E-state index in [9.17, 15) is 4.79 Å². The lowest BCUT2D eigenvalue weighted by Gasteiger charge is -2.32. The van der Waals surface area contributed by atoms with Gasteiger partial charge in [-0.15, -0.1) is 0 Å². The fourth-order valence-electron chi connectivity index (χ4n) is 3.77. The van der Waals surface area contributed by atoms with Crippen LogP contribution in [0.1, 0.15) is 45.4 Å². The minimum absolute atomic E-state index is 0.00275. The van der Waals surface area contributed by atoms with Crippen molar-refractivity contribution in [3.63, 3.8) is 0 Å². The molecule has 25 heavy (non-hydrogen) atoms. The van der Waals surface area contributed by atoms with Crippen molar-refractivity contribution in [2.75, 3.05) is 43.0 Å². The number of likely N-dealkylation sites (tertiary alicyclic amines) is 1. The lowest BCUT2D eigenvalue weighted by atomic mass is 10.1. The Morgan fingerprint density at radius 3 is 2.52 bits per heavy atom. The predicted octanol–water partition coefficient (Wildman–Crippen LogP) is 4.10. The standard InChI is InChI=1S/C20H31N3O2/c1-2-25-19-10-14-23(15-11-19)20(24)21-17-8-7-9-18(16-17)22-12-5-3-4-6-13-22/h7-9,16,19H,2-6,10-15H2,1H3,(H,21,24). The second-order valence-electron chi connectivity index (χ2n) is 7.02. The number of carbonyl (C=O) groups excluding carboxylic acids is 1. The number of hydrogen-bond donors (Lipinski definition) is 1. The zero-order valence-corrected chi connectivity index (χ0v) is 15.4. The zero-order chi connectivity index (χ0) is 17.5. The number of amides is 2. The van der Waals surface area contributed by atoms with E-state index in [1.54, 1.807) is 0 Å². The monoisotopic (exact) mass is 345 g/mol. The number of hydrogen-bond acceptors (Lipinski definition) is 3. The molecule has 138 valence electrons. The quantitative estimate of drug-likeness (QED) is 0.893. The molecule has 1 aromatic rings. The maximum Gasteiger partial charge on any atom is 0.321 e. The van der Waals surface area contributed by atoms with Crippen molar-refractivity contribution in [1.29, 1.82) is 0 Å². The molecule has 0 unspecified atom stereocenters. The van der Waals surface area contributed by atoms with Crippen LogP contribution in [0.2, 0.25) is 0 Å². The molecule has 0 saturated carbocycles. The summed E-state index contributed by atoms with van der Waals surface area (Å²) in [5.41, 5.74) is 2.11. The summed E-state index contributed by atoms with van der Waals surface area (Å²) < 4.78 is 5.66. The Labute approximate surface area is 151 Å². The first-order valence-corrected chi connectivity index (χ1v) is 9.79. The van der Waals surface area contributed by atoms with E-state index >= 15 is 0 Å². The Morgan fingerprint density at radius 2 is 1.84 bits per heavy atom. The number of rotatable bonds is 4. The van der Waals surface area contributed by atoms with Crippen LogP contribution in [-0.2, 0) is 4.74 Å². The van der Waals surface area contributed by atoms with Gasteiger partial charge in [-0.25, -0.2) is 4.79 Å². The van der Waals surface area contributed by atoms with Crippen LogP contribution in [0.15, 0.2) is 24.3 Å². The van der Waals surface area contributed by atoms with Crippen LogP contribution in [0.5, 0.6) is 0 Å². The molecule has 0 bridgehead atoms. The number of nitrogens with one attached hydrogen (secondary N) is 1. The largest absolute Gasteiger partial charge is 0.378 e. The highest BCUT2D eigenvalue weighted by Crippen LogP contribution is 2.23. The van der Waals surface area contributed by atoms with Crippen LogP contribution >= 0.6 is 0 Å². The fraction of sp³-hybridized carbons (Fsp3) is 0.650. The van der Waals surface area contributed by atoms with Crippen molar-refractivity contribution in [2.45, 2.75) is 51.6 Å². The van der Waals surface area contributed by atoms with E-state index in [-0.39, 0.29) is 6.03 Å². The molecule has 2 fully saturated rings. The molecule has 0 aromatic heterocycles. The number of nitrogens with zero attached hydrogens (tertiary/aromatic N) is 2. The Hall–Kier alpha value is -1.75. The van der Waals surface area contributed by atoms with Crippen molar-refractivity contribution >= 4 is 17.4 Å². The second kappa shape index (κ2) is 9.09. The average molecular weight is 345 g/mol. The summed E-state index contributed by atoms with van der Waals surface area (Å²) in [6, 6.07) is 8.27. The molecule has 1 N–H and O–H groups in total. The normalized spacial score (nSPS) is 19.6.